The molecule has 0 atom stereocenters. The number of rotatable bonds is 6. The van der Waals surface area contributed by atoms with Gasteiger partial charge >= 0.3 is 5.97 Å². The van der Waals surface area contributed by atoms with E-state index in [0.29, 0.717) is 0 Å². The van der Waals surface area contributed by atoms with Crippen molar-refractivity contribution >= 4 is 11.9 Å². The molecule has 0 unspecified atom stereocenters. The molecule has 0 radical (unpaired) electrons. The highest BCUT2D eigenvalue weighted by molar-refractivity contribution is 5.86. The average molecular weight is 311 g/mol. The molecular formula is C19H21NO3. The van der Waals surface area contributed by atoms with Crippen LogP contribution in [0.25, 0.3) is 0 Å². The molecule has 2 N–H and O–H groups in total. The van der Waals surface area contributed by atoms with Crippen LogP contribution in [0.1, 0.15) is 37.3 Å². The standard InChI is InChI=1S/C19H21NO3/c1-19(2,18(22)23)20-17(21)13-16(14-9-5-3-6-10-14)15-11-7-4-8-12-15/h3-12,16H,13H2,1-2H3,(H,20,21)(H,22,23). The van der Waals surface area contributed by atoms with Crippen LogP contribution < -0.4 is 5.32 Å². The van der Waals surface area contributed by atoms with Crippen LogP contribution in [0.4, 0.5) is 0 Å². The van der Waals surface area contributed by atoms with Crippen molar-refractivity contribution in [2.24, 2.45) is 0 Å². The third kappa shape index (κ3) is 4.42. The van der Waals surface area contributed by atoms with Crippen LogP contribution in [-0.2, 0) is 9.59 Å². The van der Waals surface area contributed by atoms with Crippen molar-refractivity contribution in [3.05, 3.63) is 71.8 Å². The van der Waals surface area contributed by atoms with Gasteiger partial charge in [0.05, 0.1) is 0 Å². The fourth-order valence-corrected chi connectivity index (χ4v) is 2.44. The van der Waals surface area contributed by atoms with E-state index in [1.807, 2.05) is 60.7 Å². The minimum atomic E-state index is -1.28. The molecule has 0 bridgehead atoms. The molecule has 120 valence electrons. The van der Waals surface area contributed by atoms with Gasteiger partial charge in [-0.1, -0.05) is 60.7 Å². The first-order valence-corrected chi connectivity index (χ1v) is 7.54. The van der Waals surface area contributed by atoms with Gasteiger partial charge in [0, 0.05) is 12.3 Å². The van der Waals surface area contributed by atoms with Crippen LogP contribution in [0.2, 0.25) is 0 Å². The maximum atomic E-state index is 12.3. The molecule has 0 saturated carbocycles. The molecule has 0 aromatic heterocycles. The highest BCUT2D eigenvalue weighted by Gasteiger charge is 2.30. The van der Waals surface area contributed by atoms with Gasteiger partial charge in [0.15, 0.2) is 0 Å². The summed E-state index contributed by atoms with van der Waals surface area (Å²) in [6.45, 7) is 2.96. The lowest BCUT2D eigenvalue weighted by Gasteiger charge is -2.23. The zero-order valence-corrected chi connectivity index (χ0v) is 13.3. The van der Waals surface area contributed by atoms with Crippen LogP contribution >= 0.6 is 0 Å². The number of nitrogens with one attached hydrogen (secondary N) is 1. The molecular weight excluding hydrogens is 290 g/mol. The molecule has 0 aliphatic rings. The van der Waals surface area contributed by atoms with E-state index >= 15 is 0 Å². The van der Waals surface area contributed by atoms with E-state index in [1.165, 1.54) is 13.8 Å². The van der Waals surface area contributed by atoms with E-state index < -0.39 is 11.5 Å². The maximum Gasteiger partial charge on any atom is 0.328 e. The Morgan fingerprint density at radius 1 is 0.957 bits per heavy atom. The van der Waals surface area contributed by atoms with Crippen molar-refractivity contribution in [2.45, 2.75) is 31.7 Å². The minimum Gasteiger partial charge on any atom is -0.480 e. The lowest BCUT2D eigenvalue weighted by Crippen LogP contribution is -2.49. The van der Waals surface area contributed by atoms with Gasteiger partial charge in [0.1, 0.15) is 5.54 Å². The highest BCUT2D eigenvalue weighted by Crippen LogP contribution is 2.28. The fourth-order valence-electron chi connectivity index (χ4n) is 2.44. The lowest BCUT2D eigenvalue weighted by atomic mass is 9.88. The quantitative estimate of drug-likeness (QED) is 0.861. The Kier molecular flexibility index (Phi) is 5.16. The largest absolute Gasteiger partial charge is 0.480 e. The molecule has 23 heavy (non-hydrogen) atoms. The van der Waals surface area contributed by atoms with E-state index in [2.05, 4.69) is 5.32 Å². The summed E-state index contributed by atoms with van der Waals surface area (Å²) in [5, 5.41) is 11.7. The van der Waals surface area contributed by atoms with Crippen LogP contribution in [0, 0.1) is 0 Å². The normalized spacial score (nSPS) is 11.3. The molecule has 2 aromatic carbocycles. The molecule has 1 amide bonds. The summed E-state index contributed by atoms with van der Waals surface area (Å²) in [4.78, 5) is 23.5. The summed E-state index contributed by atoms with van der Waals surface area (Å²) in [5.74, 6) is -1.45. The number of carbonyl (C=O) groups is 2. The number of hydrogen-bond donors (Lipinski definition) is 2. The predicted molar refractivity (Wildman–Crippen MR) is 89.2 cm³/mol. The van der Waals surface area contributed by atoms with Crippen LogP contribution in [0.15, 0.2) is 60.7 Å². The predicted octanol–water partition coefficient (Wildman–Crippen LogP) is 3.19. The van der Waals surface area contributed by atoms with Crippen molar-refractivity contribution in [3.63, 3.8) is 0 Å². The maximum absolute atomic E-state index is 12.3. The van der Waals surface area contributed by atoms with Gasteiger partial charge < -0.3 is 10.4 Å². The monoisotopic (exact) mass is 311 g/mol. The minimum absolute atomic E-state index is 0.109. The van der Waals surface area contributed by atoms with Gasteiger partial charge in [-0.3, -0.25) is 4.79 Å². The zero-order chi connectivity index (χ0) is 16.9. The molecule has 2 rings (SSSR count). The van der Waals surface area contributed by atoms with Crippen LogP contribution in [0.3, 0.4) is 0 Å². The van der Waals surface area contributed by atoms with Crippen molar-refractivity contribution in [2.75, 3.05) is 0 Å². The third-order valence-corrected chi connectivity index (χ3v) is 3.78. The Labute approximate surface area is 136 Å². The Morgan fingerprint density at radius 2 is 1.39 bits per heavy atom. The molecule has 4 heteroatoms. The zero-order valence-electron chi connectivity index (χ0n) is 13.3. The van der Waals surface area contributed by atoms with Gasteiger partial charge in [-0.05, 0) is 25.0 Å². The second-order valence-corrected chi connectivity index (χ2v) is 6.06. The number of carboxylic acid groups (broad SMARTS) is 1. The SMILES string of the molecule is CC(C)(NC(=O)CC(c1ccccc1)c1ccccc1)C(=O)O. The van der Waals surface area contributed by atoms with Crippen molar-refractivity contribution in [3.8, 4) is 0 Å². The summed E-state index contributed by atoms with van der Waals surface area (Å²) in [6.07, 6.45) is 0.199. The van der Waals surface area contributed by atoms with Gasteiger partial charge in [-0.25, -0.2) is 4.79 Å². The van der Waals surface area contributed by atoms with E-state index in [9.17, 15) is 9.59 Å². The highest BCUT2D eigenvalue weighted by atomic mass is 16.4. The first-order valence-electron chi connectivity index (χ1n) is 7.54. The number of carbonyl (C=O) groups excluding carboxylic acids is 1. The number of hydrogen-bond acceptors (Lipinski definition) is 2. The molecule has 0 aliphatic heterocycles. The second-order valence-electron chi connectivity index (χ2n) is 6.06. The van der Waals surface area contributed by atoms with Crippen molar-refractivity contribution < 1.29 is 14.7 Å². The first kappa shape index (κ1) is 16.7. The van der Waals surface area contributed by atoms with Crippen molar-refractivity contribution in [1.29, 1.82) is 0 Å². The van der Waals surface area contributed by atoms with Crippen LogP contribution in [0.5, 0.6) is 0 Å². The molecule has 0 aliphatic carbocycles. The van der Waals surface area contributed by atoms with E-state index in [-0.39, 0.29) is 18.2 Å². The number of benzene rings is 2. The summed E-state index contributed by atoms with van der Waals surface area (Å²) >= 11 is 0. The van der Waals surface area contributed by atoms with Gasteiger partial charge in [-0.2, -0.15) is 0 Å². The summed E-state index contributed by atoms with van der Waals surface area (Å²) in [5.41, 5.74) is 0.776. The molecule has 0 fully saturated rings. The molecule has 0 saturated heterocycles. The Balaban J connectivity index is 2.23. The van der Waals surface area contributed by atoms with E-state index in [1.54, 1.807) is 0 Å². The van der Waals surface area contributed by atoms with Crippen LogP contribution in [-0.4, -0.2) is 22.5 Å². The summed E-state index contributed by atoms with van der Waals surface area (Å²) in [7, 11) is 0. The average Bonchev–Trinajstić information content (AvgIpc) is 2.53. The molecule has 0 heterocycles. The molecule has 2 aromatic rings. The fraction of sp³-hybridized carbons (Fsp3) is 0.263. The first-order chi connectivity index (χ1) is 10.9. The van der Waals surface area contributed by atoms with Gasteiger partial charge in [0.2, 0.25) is 5.91 Å². The smallest absolute Gasteiger partial charge is 0.328 e. The van der Waals surface area contributed by atoms with Gasteiger partial charge in [0.25, 0.3) is 0 Å². The van der Waals surface area contributed by atoms with Crippen molar-refractivity contribution in [1.82, 2.24) is 5.32 Å². The molecule has 4 nitrogen and oxygen atoms in total. The molecule has 0 spiro atoms. The van der Waals surface area contributed by atoms with Gasteiger partial charge in [-0.15, -0.1) is 0 Å². The third-order valence-electron chi connectivity index (χ3n) is 3.78. The lowest BCUT2D eigenvalue weighted by molar-refractivity contribution is -0.146. The summed E-state index contributed by atoms with van der Waals surface area (Å²) in [6, 6.07) is 19.5. The summed E-state index contributed by atoms with van der Waals surface area (Å²) < 4.78 is 0. The topological polar surface area (TPSA) is 66.4 Å². The number of carboxylic acids is 1. The van der Waals surface area contributed by atoms with E-state index in [4.69, 9.17) is 5.11 Å². The number of aliphatic carboxylic acids is 1. The van der Waals surface area contributed by atoms with E-state index in [0.717, 1.165) is 11.1 Å². The Morgan fingerprint density at radius 3 is 1.78 bits per heavy atom. The second kappa shape index (κ2) is 7.09. The Bertz CT molecular complexity index is 626. The number of amides is 1. The Hall–Kier alpha value is -2.62.